The first kappa shape index (κ1) is 16.5. The van der Waals surface area contributed by atoms with Gasteiger partial charge in [0, 0.05) is 6.04 Å². The van der Waals surface area contributed by atoms with Crippen molar-refractivity contribution in [3.63, 3.8) is 0 Å². The minimum absolute atomic E-state index is 0.145. The van der Waals surface area contributed by atoms with Gasteiger partial charge < -0.3 is 10.1 Å². The van der Waals surface area contributed by atoms with Crippen molar-refractivity contribution in [1.29, 1.82) is 0 Å². The normalized spacial score (nSPS) is 21.5. The van der Waals surface area contributed by atoms with Gasteiger partial charge in [0.25, 0.3) is 0 Å². The van der Waals surface area contributed by atoms with Crippen LogP contribution in [0.1, 0.15) is 73.1 Å². The van der Waals surface area contributed by atoms with Crippen LogP contribution >= 0.6 is 0 Å². The number of rotatable bonds is 4. The van der Waals surface area contributed by atoms with E-state index in [4.69, 9.17) is 4.74 Å². The third-order valence-electron chi connectivity index (χ3n) is 3.88. The van der Waals surface area contributed by atoms with Crippen molar-refractivity contribution in [2.75, 3.05) is 0 Å². The lowest BCUT2D eigenvalue weighted by Gasteiger charge is -2.28. The Hall–Kier alpha value is -0.570. The summed E-state index contributed by atoms with van der Waals surface area (Å²) in [6, 6.07) is 0.165. The van der Waals surface area contributed by atoms with Gasteiger partial charge in [-0.3, -0.25) is 4.79 Å². The monoisotopic (exact) mass is 269 g/mol. The molecule has 0 aromatic carbocycles. The quantitative estimate of drug-likeness (QED) is 0.625. The van der Waals surface area contributed by atoms with Gasteiger partial charge in [-0.2, -0.15) is 0 Å². The van der Waals surface area contributed by atoms with E-state index in [0.29, 0.717) is 12.0 Å². The summed E-state index contributed by atoms with van der Waals surface area (Å²) in [6.45, 7) is 9.84. The molecule has 1 fully saturated rings. The Kier molecular flexibility index (Phi) is 6.31. The minimum atomic E-state index is -0.404. The molecule has 0 heterocycles. The average Bonchev–Trinajstić information content (AvgIpc) is 2.54. The zero-order chi connectivity index (χ0) is 14.5. The van der Waals surface area contributed by atoms with Gasteiger partial charge in [0.05, 0.1) is 0 Å². The standard InChI is InChI=1S/C16H31NO2/c1-12(14-10-8-6-7-9-11-14)17-13(2)15(18)19-16(3,4)5/h12-14,17H,6-11H2,1-5H3/t12-,13?/m1/s1. The Balaban J connectivity index is 2.41. The second kappa shape index (κ2) is 7.28. The fourth-order valence-electron chi connectivity index (χ4n) is 2.80. The molecule has 0 aliphatic heterocycles. The molecule has 1 unspecified atom stereocenters. The summed E-state index contributed by atoms with van der Waals surface area (Å²) in [5, 5.41) is 3.43. The van der Waals surface area contributed by atoms with E-state index in [1.54, 1.807) is 0 Å². The van der Waals surface area contributed by atoms with Crippen molar-refractivity contribution in [3.05, 3.63) is 0 Å². The second-order valence-electron chi connectivity index (χ2n) is 6.96. The molecule has 0 aromatic heterocycles. The van der Waals surface area contributed by atoms with Crippen LogP contribution in [0.4, 0.5) is 0 Å². The number of carbonyl (C=O) groups is 1. The molecule has 2 atom stereocenters. The van der Waals surface area contributed by atoms with Gasteiger partial charge in [0.2, 0.25) is 0 Å². The topological polar surface area (TPSA) is 38.3 Å². The molecule has 0 radical (unpaired) electrons. The molecule has 3 heteroatoms. The minimum Gasteiger partial charge on any atom is -0.459 e. The molecule has 0 saturated heterocycles. The maximum atomic E-state index is 12.0. The predicted octanol–water partition coefficient (Wildman–Crippen LogP) is 3.67. The van der Waals surface area contributed by atoms with Crippen LogP contribution in [-0.4, -0.2) is 23.7 Å². The summed E-state index contributed by atoms with van der Waals surface area (Å²) in [6.07, 6.45) is 7.97. The summed E-state index contributed by atoms with van der Waals surface area (Å²) in [4.78, 5) is 12.0. The van der Waals surface area contributed by atoms with Crippen LogP contribution in [0.3, 0.4) is 0 Å². The van der Waals surface area contributed by atoms with Crippen LogP contribution in [0.25, 0.3) is 0 Å². The Labute approximate surface area is 118 Å². The number of hydrogen-bond acceptors (Lipinski definition) is 3. The average molecular weight is 269 g/mol. The van der Waals surface area contributed by atoms with E-state index in [0.717, 1.165) is 0 Å². The van der Waals surface area contributed by atoms with E-state index in [9.17, 15) is 4.79 Å². The highest BCUT2D eigenvalue weighted by molar-refractivity contribution is 5.75. The third kappa shape index (κ3) is 6.42. The first-order valence-corrected chi connectivity index (χ1v) is 7.78. The Bertz CT molecular complexity index is 275. The van der Waals surface area contributed by atoms with Crippen LogP contribution in [0.2, 0.25) is 0 Å². The SMILES string of the molecule is CC(N[C@H](C)C1CCCCCC1)C(=O)OC(C)(C)C. The van der Waals surface area contributed by atoms with Crippen LogP contribution in [0.5, 0.6) is 0 Å². The first-order chi connectivity index (χ1) is 8.79. The zero-order valence-corrected chi connectivity index (χ0v) is 13.3. The maximum Gasteiger partial charge on any atom is 0.323 e. The van der Waals surface area contributed by atoms with Crippen LogP contribution in [0, 0.1) is 5.92 Å². The summed E-state index contributed by atoms with van der Waals surface area (Å²) in [7, 11) is 0. The fourth-order valence-corrected chi connectivity index (χ4v) is 2.80. The first-order valence-electron chi connectivity index (χ1n) is 7.78. The molecule has 1 aliphatic rings. The summed E-state index contributed by atoms with van der Waals surface area (Å²) in [5.74, 6) is 0.556. The van der Waals surface area contributed by atoms with Crippen molar-refractivity contribution in [2.24, 2.45) is 5.92 Å². The Morgan fingerprint density at radius 2 is 1.63 bits per heavy atom. The smallest absolute Gasteiger partial charge is 0.323 e. The summed E-state index contributed by atoms with van der Waals surface area (Å²) in [5.41, 5.74) is -0.404. The van der Waals surface area contributed by atoms with Crippen molar-refractivity contribution in [2.45, 2.75) is 90.8 Å². The molecule has 0 amide bonds. The lowest BCUT2D eigenvalue weighted by Crippen LogP contribution is -2.45. The third-order valence-corrected chi connectivity index (χ3v) is 3.88. The number of hydrogen-bond donors (Lipinski definition) is 1. The van der Waals surface area contributed by atoms with Crippen LogP contribution < -0.4 is 5.32 Å². The highest BCUT2D eigenvalue weighted by atomic mass is 16.6. The van der Waals surface area contributed by atoms with Gasteiger partial charge in [-0.05, 0) is 53.4 Å². The van der Waals surface area contributed by atoms with Gasteiger partial charge in [-0.1, -0.05) is 25.7 Å². The van der Waals surface area contributed by atoms with E-state index in [1.165, 1.54) is 38.5 Å². The number of carbonyl (C=O) groups excluding carboxylic acids is 1. The van der Waals surface area contributed by atoms with Crippen molar-refractivity contribution < 1.29 is 9.53 Å². The molecule has 1 saturated carbocycles. The van der Waals surface area contributed by atoms with Gasteiger partial charge in [0.1, 0.15) is 11.6 Å². The van der Waals surface area contributed by atoms with E-state index in [1.807, 2.05) is 27.7 Å². The lowest BCUT2D eigenvalue weighted by atomic mass is 9.92. The van der Waals surface area contributed by atoms with Crippen molar-refractivity contribution >= 4 is 5.97 Å². The molecule has 0 aromatic rings. The molecule has 0 spiro atoms. The molecule has 3 nitrogen and oxygen atoms in total. The molecule has 112 valence electrons. The largest absolute Gasteiger partial charge is 0.459 e. The number of esters is 1. The van der Waals surface area contributed by atoms with Crippen LogP contribution in [0.15, 0.2) is 0 Å². The van der Waals surface area contributed by atoms with Crippen molar-refractivity contribution in [3.8, 4) is 0 Å². The Morgan fingerprint density at radius 1 is 1.11 bits per heavy atom. The fraction of sp³-hybridized carbons (Fsp3) is 0.938. The second-order valence-corrected chi connectivity index (χ2v) is 6.96. The molecule has 1 N–H and O–H groups in total. The molecular weight excluding hydrogens is 238 g/mol. The summed E-state index contributed by atoms with van der Waals surface area (Å²) < 4.78 is 5.41. The zero-order valence-electron chi connectivity index (χ0n) is 13.3. The number of ether oxygens (including phenoxy) is 1. The highest BCUT2D eigenvalue weighted by Gasteiger charge is 2.25. The van der Waals surface area contributed by atoms with Gasteiger partial charge in [-0.15, -0.1) is 0 Å². The van der Waals surface area contributed by atoms with Crippen molar-refractivity contribution in [1.82, 2.24) is 5.32 Å². The van der Waals surface area contributed by atoms with E-state index < -0.39 is 5.60 Å². The molecule has 0 bridgehead atoms. The Morgan fingerprint density at radius 3 is 2.11 bits per heavy atom. The maximum absolute atomic E-state index is 12.0. The lowest BCUT2D eigenvalue weighted by molar-refractivity contribution is -0.157. The summed E-state index contributed by atoms with van der Waals surface area (Å²) >= 11 is 0. The van der Waals surface area contributed by atoms with E-state index in [2.05, 4.69) is 12.2 Å². The molecule has 1 aliphatic carbocycles. The van der Waals surface area contributed by atoms with Gasteiger partial charge in [-0.25, -0.2) is 0 Å². The van der Waals surface area contributed by atoms with Gasteiger partial charge in [0.15, 0.2) is 0 Å². The van der Waals surface area contributed by atoms with E-state index >= 15 is 0 Å². The van der Waals surface area contributed by atoms with E-state index in [-0.39, 0.29) is 12.0 Å². The predicted molar refractivity (Wildman–Crippen MR) is 79.1 cm³/mol. The van der Waals surface area contributed by atoms with Gasteiger partial charge >= 0.3 is 5.97 Å². The molecule has 1 rings (SSSR count). The van der Waals surface area contributed by atoms with Crippen LogP contribution in [-0.2, 0) is 9.53 Å². The molecular formula is C16H31NO2. The molecule has 19 heavy (non-hydrogen) atoms. The number of nitrogens with one attached hydrogen (secondary N) is 1. The highest BCUT2D eigenvalue weighted by Crippen LogP contribution is 2.25.